The lowest BCUT2D eigenvalue weighted by Gasteiger charge is -2.35. The number of aromatic nitrogens is 1. The summed E-state index contributed by atoms with van der Waals surface area (Å²) in [5.41, 5.74) is 3.71. The molecule has 1 aromatic heterocycles. The standard InChI is InChI=1S/C24H33N3O/c1-2-25-13-15-26(16-14-25)24(28)21-17-27-22(18-7-4-3-5-8-18)12-11-19-9-6-10-20(21)23(19)27/h6,9-10,17-18,22H,2-5,7-8,11-16H2,1H3. The zero-order chi connectivity index (χ0) is 19.1. The smallest absolute Gasteiger partial charge is 0.256 e. The van der Waals surface area contributed by atoms with Gasteiger partial charge in [-0.15, -0.1) is 0 Å². The SMILES string of the molecule is CCN1CCN(C(=O)c2cn3c4c(cccc24)CCC3C2CCCCC2)CC1. The van der Waals surface area contributed by atoms with E-state index in [1.807, 2.05) is 0 Å². The number of carbonyl (C=O) groups is 1. The molecule has 1 amide bonds. The molecule has 150 valence electrons. The van der Waals surface area contributed by atoms with Crippen LogP contribution in [0.3, 0.4) is 0 Å². The Labute approximate surface area is 168 Å². The maximum atomic E-state index is 13.4. The molecule has 1 aliphatic carbocycles. The highest BCUT2D eigenvalue weighted by Crippen LogP contribution is 2.42. The van der Waals surface area contributed by atoms with Crippen molar-refractivity contribution < 1.29 is 4.79 Å². The molecule has 2 fully saturated rings. The van der Waals surface area contributed by atoms with Gasteiger partial charge >= 0.3 is 0 Å². The summed E-state index contributed by atoms with van der Waals surface area (Å²) in [7, 11) is 0. The van der Waals surface area contributed by atoms with E-state index in [-0.39, 0.29) is 5.91 Å². The van der Waals surface area contributed by atoms with Gasteiger partial charge in [0.1, 0.15) is 0 Å². The number of benzene rings is 1. The molecule has 0 N–H and O–H groups in total. The first-order valence-corrected chi connectivity index (χ1v) is 11.4. The molecular weight excluding hydrogens is 346 g/mol. The van der Waals surface area contributed by atoms with Gasteiger partial charge in [0, 0.05) is 43.8 Å². The van der Waals surface area contributed by atoms with Gasteiger partial charge in [-0.05, 0) is 43.7 Å². The first-order chi connectivity index (χ1) is 13.8. The van der Waals surface area contributed by atoms with Crippen molar-refractivity contribution in [2.45, 2.75) is 57.9 Å². The molecule has 0 spiro atoms. The molecule has 1 aromatic carbocycles. The third kappa shape index (κ3) is 3.06. The summed E-state index contributed by atoms with van der Waals surface area (Å²) < 4.78 is 2.51. The van der Waals surface area contributed by atoms with Crippen molar-refractivity contribution in [3.05, 3.63) is 35.5 Å². The number of amides is 1. The molecule has 2 aliphatic heterocycles. The van der Waals surface area contributed by atoms with Crippen LogP contribution >= 0.6 is 0 Å². The van der Waals surface area contributed by atoms with Crippen molar-refractivity contribution in [3.63, 3.8) is 0 Å². The van der Waals surface area contributed by atoms with Gasteiger partial charge in [0.2, 0.25) is 0 Å². The van der Waals surface area contributed by atoms with E-state index in [4.69, 9.17) is 0 Å². The summed E-state index contributed by atoms with van der Waals surface area (Å²) in [6.45, 7) is 6.98. The highest BCUT2D eigenvalue weighted by atomic mass is 16.2. The van der Waals surface area contributed by atoms with Crippen LogP contribution in [-0.2, 0) is 6.42 Å². The van der Waals surface area contributed by atoms with Crippen LogP contribution in [0.4, 0.5) is 0 Å². The second kappa shape index (κ2) is 7.55. The number of carbonyl (C=O) groups excluding carboxylic acids is 1. The van der Waals surface area contributed by atoms with Gasteiger partial charge in [-0.1, -0.05) is 44.4 Å². The minimum Gasteiger partial charge on any atom is -0.343 e. The minimum atomic E-state index is 0.237. The van der Waals surface area contributed by atoms with E-state index in [2.05, 4.69) is 45.7 Å². The molecule has 1 atom stereocenters. The number of likely N-dealkylation sites (N-methyl/N-ethyl adjacent to an activating group) is 1. The Morgan fingerprint density at radius 2 is 1.82 bits per heavy atom. The van der Waals surface area contributed by atoms with E-state index < -0.39 is 0 Å². The monoisotopic (exact) mass is 379 g/mol. The van der Waals surface area contributed by atoms with E-state index >= 15 is 0 Å². The lowest BCUT2D eigenvalue weighted by atomic mass is 9.80. The lowest BCUT2D eigenvalue weighted by molar-refractivity contribution is 0.0645. The van der Waals surface area contributed by atoms with E-state index in [0.29, 0.717) is 6.04 Å². The number of piperazine rings is 1. The molecule has 0 radical (unpaired) electrons. The quantitative estimate of drug-likeness (QED) is 0.786. The molecule has 3 aliphatic rings. The molecule has 5 rings (SSSR count). The van der Waals surface area contributed by atoms with Gasteiger partial charge < -0.3 is 14.4 Å². The largest absolute Gasteiger partial charge is 0.343 e. The van der Waals surface area contributed by atoms with Gasteiger partial charge in [0.05, 0.1) is 11.1 Å². The molecule has 3 heterocycles. The number of nitrogens with zero attached hydrogens (tertiary/aromatic N) is 3. The summed E-state index contributed by atoms with van der Waals surface area (Å²) in [6, 6.07) is 7.17. The van der Waals surface area contributed by atoms with Crippen LogP contribution in [-0.4, -0.2) is 53.0 Å². The number of hydrogen-bond donors (Lipinski definition) is 0. The third-order valence-electron chi connectivity index (χ3n) is 7.53. The van der Waals surface area contributed by atoms with Crippen LogP contribution in [0.15, 0.2) is 24.4 Å². The summed E-state index contributed by atoms with van der Waals surface area (Å²) in [4.78, 5) is 18.0. The molecule has 1 saturated carbocycles. The summed E-state index contributed by atoms with van der Waals surface area (Å²) in [5, 5.41) is 1.18. The molecule has 2 aromatic rings. The summed E-state index contributed by atoms with van der Waals surface area (Å²) in [5.74, 6) is 1.02. The highest BCUT2D eigenvalue weighted by molar-refractivity contribution is 6.08. The van der Waals surface area contributed by atoms with Crippen molar-refractivity contribution in [3.8, 4) is 0 Å². The first-order valence-electron chi connectivity index (χ1n) is 11.4. The Morgan fingerprint density at radius 1 is 1.04 bits per heavy atom. The van der Waals surface area contributed by atoms with Crippen LogP contribution in [0.2, 0.25) is 0 Å². The maximum absolute atomic E-state index is 13.4. The first kappa shape index (κ1) is 18.2. The van der Waals surface area contributed by atoms with Gasteiger partial charge in [-0.3, -0.25) is 4.79 Å². The van der Waals surface area contributed by atoms with Crippen LogP contribution in [0.25, 0.3) is 10.9 Å². The zero-order valence-corrected chi connectivity index (χ0v) is 17.2. The molecular formula is C24H33N3O. The number of rotatable bonds is 3. The fourth-order valence-corrected chi connectivity index (χ4v) is 5.88. The van der Waals surface area contributed by atoms with E-state index in [9.17, 15) is 4.79 Å². The molecule has 1 saturated heterocycles. The van der Waals surface area contributed by atoms with Crippen LogP contribution in [0.1, 0.15) is 67.4 Å². The third-order valence-corrected chi connectivity index (χ3v) is 7.53. The molecule has 28 heavy (non-hydrogen) atoms. The van der Waals surface area contributed by atoms with Crippen LogP contribution in [0.5, 0.6) is 0 Å². The molecule has 4 heteroatoms. The molecule has 1 unspecified atom stereocenters. The number of hydrogen-bond acceptors (Lipinski definition) is 2. The van der Waals surface area contributed by atoms with Crippen molar-refractivity contribution in [2.75, 3.05) is 32.7 Å². The Kier molecular flexibility index (Phi) is 4.92. The van der Waals surface area contributed by atoms with Crippen molar-refractivity contribution >= 4 is 16.8 Å². The van der Waals surface area contributed by atoms with Gasteiger partial charge in [-0.25, -0.2) is 0 Å². The second-order valence-corrected chi connectivity index (χ2v) is 8.99. The number of aryl methyl sites for hydroxylation is 1. The topological polar surface area (TPSA) is 28.5 Å². The maximum Gasteiger partial charge on any atom is 0.256 e. The predicted molar refractivity (Wildman–Crippen MR) is 114 cm³/mol. The van der Waals surface area contributed by atoms with E-state index in [0.717, 1.165) is 50.6 Å². The Morgan fingerprint density at radius 3 is 2.57 bits per heavy atom. The van der Waals surface area contributed by atoms with Crippen molar-refractivity contribution in [2.24, 2.45) is 5.92 Å². The normalized spacial score (nSPS) is 24.0. The minimum absolute atomic E-state index is 0.237. The van der Waals surface area contributed by atoms with E-state index in [1.54, 1.807) is 0 Å². The average molecular weight is 380 g/mol. The second-order valence-electron chi connectivity index (χ2n) is 8.99. The Hall–Kier alpha value is -1.81. The van der Waals surface area contributed by atoms with E-state index in [1.165, 1.54) is 55.0 Å². The highest BCUT2D eigenvalue weighted by Gasteiger charge is 2.32. The van der Waals surface area contributed by atoms with Crippen molar-refractivity contribution in [1.82, 2.24) is 14.4 Å². The zero-order valence-electron chi connectivity index (χ0n) is 17.2. The van der Waals surface area contributed by atoms with Crippen molar-refractivity contribution in [1.29, 1.82) is 0 Å². The summed E-state index contributed by atoms with van der Waals surface area (Å²) in [6.07, 6.45) is 11.5. The predicted octanol–water partition coefficient (Wildman–Crippen LogP) is 4.49. The number of para-hydroxylation sites is 1. The van der Waals surface area contributed by atoms with Crippen LogP contribution < -0.4 is 0 Å². The lowest BCUT2D eigenvalue weighted by Crippen LogP contribution is -2.48. The van der Waals surface area contributed by atoms with Crippen LogP contribution in [0, 0.1) is 5.92 Å². The molecule has 0 bridgehead atoms. The Bertz CT molecular complexity index is 856. The summed E-state index contributed by atoms with van der Waals surface area (Å²) >= 11 is 0. The average Bonchev–Trinajstić information content (AvgIpc) is 3.15. The van der Waals surface area contributed by atoms with Gasteiger partial charge in [0.15, 0.2) is 0 Å². The van der Waals surface area contributed by atoms with Gasteiger partial charge in [-0.2, -0.15) is 0 Å². The molecule has 4 nitrogen and oxygen atoms in total. The Balaban J connectivity index is 1.49. The van der Waals surface area contributed by atoms with Gasteiger partial charge in [0.25, 0.3) is 5.91 Å². The fraction of sp³-hybridized carbons (Fsp3) is 0.625. The fourth-order valence-electron chi connectivity index (χ4n) is 5.88.